The van der Waals surface area contributed by atoms with E-state index < -0.39 is 11.9 Å². The van der Waals surface area contributed by atoms with Gasteiger partial charge >= 0.3 is 5.97 Å². The molecule has 0 bridgehead atoms. The van der Waals surface area contributed by atoms with Crippen molar-refractivity contribution in [3.63, 3.8) is 0 Å². The Labute approximate surface area is 112 Å². The van der Waals surface area contributed by atoms with E-state index in [1.807, 2.05) is 13.0 Å². The summed E-state index contributed by atoms with van der Waals surface area (Å²) in [6.45, 7) is 6.58. The van der Waals surface area contributed by atoms with Crippen molar-refractivity contribution >= 4 is 17.0 Å². The molecule has 0 saturated heterocycles. The molecule has 102 valence electrons. The molecule has 1 N–H and O–H groups in total. The molecule has 5 nitrogen and oxygen atoms in total. The Bertz CT molecular complexity index is 591. The Morgan fingerprint density at radius 1 is 1.47 bits per heavy atom. The van der Waals surface area contributed by atoms with Crippen LogP contribution in [0.2, 0.25) is 0 Å². The smallest absolute Gasteiger partial charge is 0.306 e. The number of fused-ring (bicyclic) bond motifs is 1. The van der Waals surface area contributed by atoms with Gasteiger partial charge in [-0.05, 0) is 12.5 Å². The fourth-order valence-corrected chi connectivity index (χ4v) is 2.24. The van der Waals surface area contributed by atoms with E-state index in [0.717, 1.165) is 29.8 Å². The highest BCUT2D eigenvalue weighted by Crippen LogP contribution is 2.27. The molecular formula is C14H19N3O2. The lowest BCUT2D eigenvalue weighted by atomic mass is 9.95. The third kappa shape index (κ3) is 2.45. The van der Waals surface area contributed by atoms with Gasteiger partial charge in [-0.2, -0.15) is 0 Å². The third-order valence-corrected chi connectivity index (χ3v) is 3.57. The Morgan fingerprint density at radius 2 is 2.21 bits per heavy atom. The van der Waals surface area contributed by atoms with Crippen molar-refractivity contribution < 1.29 is 9.90 Å². The molecule has 2 aromatic rings. The molecule has 0 aliphatic heterocycles. The summed E-state index contributed by atoms with van der Waals surface area (Å²) in [6.07, 6.45) is 4.45. The highest BCUT2D eigenvalue weighted by Gasteiger charge is 2.25. The van der Waals surface area contributed by atoms with Crippen LogP contribution >= 0.6 is 0 Å². The van der Waals surface area contributed by atoms with Gasteiger partial charge in [0.15, 0.2) is 0 Å². The number of carboxylic acid groups (broad SMARTS) is 1. The van der Waals surface area contributed by atoms with Crippen LogP contribution in [0.3, 0.4) is 0 Å². The van der Waals surface area contributed by atoms with Crippen LogP contribution in [0.4, 0.5) is 0 Å². The van der Waals surface area contributed by atoms with Gasteiger partial charge in [0.25, 0.3) is 0 Å². The van der Waals surface area contributed by atoms with E-state index in [-0.39, 0.29) is 5.92 Å². The van der Waals surface area contributed by atoms with Crippen LogP contribution in [0.5, 0.6) is 0 Å². The van der Waals surface area contributed by atoms with Crippen molar-refractivity contribution in [1.82, 2.24) is 14.5 Å². The zero-order valence-electron chi connectivity index (χ0n) is 11.5. The molecule has 0 aliphatic rings. The van der Waals surface area contributed by atoms with Crippen molar-refractivity contribution in [2.45, 2.75) is 39.7 Å². The van der Waals surface area contributed by atoms with Crippen LogP contribution in [0.25, 0.3) is 11.0 Å². The molecule has 2 unspecified atom stereocenters. The monoisotopic (exact) mass is 261 g/mol. The first-order valence-electron chi connectivity index (χ1n) is 6.59. The Morgan fingerprint density at radius 3 is 2.84 bits per heavy atom. The first-order valence-corrected chi connectivity index (χ1v) is 6.59. The lowest BCUT2D eigenvalue weighted by molar-refractivity contribution is -0.141. The second kappa shape index (κ2) is 5.38. The molecule has 0 aliphatic carbocycles. The van der Waals surface area contributed by atoms with Gasteiger partial charge < -0.3 is 9.67 Å². The van der Waals surface area contributed by atoms with E-state index >= 15 is 0 Å². The fraction of sp³-hybridized carbons (Fsp3) is 0.500. The molecule has 0 aromatic carbocycles. The van der Waals surface area contributed by atoms with Crippen molar-refractivity contribution in [2.75, 3.05) is 0 Å². The lowest BCUT2D eigenvalue weighted by Gasteiger charge is -2.17. The SMILES string of the molecule is CCCn1c(C(C)C(C)C(=O)O)nc2cnccc21. The normalized spacial score (nSPS) is 14.5. The van der Waals surface area contributed by atoms with E-state index in [1.165, 1.54) is 0 Å². The summed E-state index contributed by atoms with van der Waals surface area (Å²) in [5.41, 5.74) is 1.85. The average molecular weight is 261 g/mol. The minimum atomic E-state index is -0.791. The quantitative estimate of drug-likeness (QED) is 0.898. The van der Waals surface area contributed by atoms with Crippen LogP contribution in [0.1, 0.15) is 38.9 Å². The van der Waals surface area contributed by atoms with Crippen LogP contribution in [-0.2, 0) is 11.3 Å². The molecule has 0 radical (unpaired) electrons. The van der Waals surface area contributed by atoms with E-state index in [1.54, 1.807) is 19.3 Å². The van der Waals surface area contributed by atoms with Gasteiger partial charge in [0, 0.05) is 18.7 Å². The lowest BCUT2D eigenvalue weighted by Crippen LogP contribution is -2.20. The molecule has 2 atom stereocenters. The highest BCUT2D eigenvalue weighted by atomic mass is 16.4. The first kappa shape index (κ1) is 13.5. The Kier molecular flexibility index (Phi) is 3.83. The Balaban J connectivity index is 2.52. The molecule has 2 rings (SSSR count). The summed E-state index contributed by atoms with van der Waals surface area (Å²) in [6, 6.07) is 1.93. The summed E-state index contributed by atoms with van der Waals surface area (Å²) in [5.74, 6) is -0.544. The number of carbonyl (C=O) groups is 1. The predicted octanol–water partition coefficient (Wildman–Crippen LogP) is 2.67. The van der Waals surface area contributed by atoms with Gasteiger partial charge in [0.2, 0.25) is 0 Å². The molecule has 19 heavy (non-hydrogen) atoms. The van der Waals surface area contributed by atoms with Gasteiger partial charge in [-0.25, -0.2) is 4.98 Å². The number of hydrogen-bond donors (Lipinski definition) is 1. The number of aliphatic carboxylic acids is 1. The molecule has 0 fully saturated rings. The van der Waals surface area contributed by atoms with Crippen molar-refractivity contribution in [2.24, 2.45) is 5.92 Å². The van der Waals surface area contributed by atoms with Crippen molar-refractivity contribution in [3.05, 3.63) is 24.3 Å². The van der Waals surface area contributed by atoms with Gasteiger partial charge in [0.1, 0.15) is 11.3 Å². The number of pyridine rings is 1. The predicted molar refractivity (Wildman–Crippen MR) is 73.0 cm³/mol. The largest absolute Gasteiger partial charge is 0.481 e. The maximum Gasteiger partial charge on any atom is 0.306 e. The van der Waals surface area contributed by atoms with Crippen LogP contribution in [0, 0.1) is 5.92 Å². The number of rotatable bonds is 5. The molecule has 5 heteroatoms. The van der Waals surface area contributed by atoms with E-state index in [0.29, 0.717) is 0 Å². The van der Waals surface area contributed by atoms with Crippen LogP contribution in [0.15, 0.2) is 18.5 Å². The van der Waals surface area contributed by atoms with E-state index in [9.17, 15) is 4.79 Å². The summed E-state index contributed by atoms with van der Waals surface area (Å²) in [4.78, 5) is 19.8. The fourth-order valence-electron chi connectivity index (χ4n) is 2.24. The summed E-state index contributed by atoms with van der Waals surface area (Å²) in [5, 5.41) is 9.16. The van der Waals surface area contributed by atoms with Gasteiger partial charge in [-0.3, -0.25) is 9.78 Å². The summed E-state index contributed by atoms with van der Waals surface area (Å²) in [7, 11) is 0. The number of carboxylic acids is 1. The van der Waals surface area contributed by atoms with Gasteiger partial charge in [-0.15, -0.1) is 0 Å². The minimum Gasteiger partial charge on any atom is -0.481 e. The summed E-state index contributed by atoms with van der Waals surface area (Å²) >= 11 is 0. The number of aryl methyl sites for hydroxylation is 1. The molecule has 2 aromatic heterocycles. The maximum atomic E-state index is 11.1. The second-order valence-corrected chi connectivity index (χ2v) is 4.90. The average Bonchev–Trinajstić information content (AvgIpc) is 2.76. The maximum absolute atomic E-state index is 11.1. The summed E-state index contributed by atoms with van der Waals surface area (Å²) < 4.78 is 2.11. The minimum absolute atomic E-state index is 0.128. The number of hydrogen-bond acceptors (Lipinski definition) is 3. The zero-order chi connectivity index (χ0) is 14.0. The second-order valence-electron chi connectivity index (χ2n) is 4.90. The molecule has 0 amide bonds. The zero-order valence-corrected chi connectivity index (χ0v) is 11.5. The molecule has 0 saturated carbocycles. The van der Waals surface area contributed by atoms with Crippen LogP contribution < -0.4 is 0 Å². The number of nitrogens with zero attached hydrogens (tertiary/aromatic N) is 3. The standard InChI is InChI=1S/C14H19N3O2/c1-4-7-17-12-5-6-15-8-11(12)16-13(17)9(2)10(3)14(18)19/h5-6,8-10H,4,7H2,1-3H3,(H,18,19). The van der Waals surface area contributed by atoms with Gasteiger partial charge in [0.05, 0.1) is 17.6 Å². The van der Waals surface area contributed by atoms with Gasteiger partial charge in [-0.1, -0.05) is 20.8 Å². The topological polar surface area (TPSA) is 68.0 Å². The third-order valence-electron chi connectivity index (χ3n) is 3.57. The highest BCUT2D eigenvalue weighted by molar-refractivity contribution is 5.75. The number of aromatic nitrogens is 3. The van der Waals surface area contributed by atoms with E-state index in [4.69, 9.17) is 5.11 Å². The van der Waals surface area contributed by atoms with Crippen molar-refractivity contribution in [3.8, 4) is 0 Å². The number of imidazole rings is 1. The molecular weight excluding hydrogens is 242 g/mol. The first-order chi connectivity index (χ1) is 9.06. The molecule has 0 spiro atoms. The molecule has 2 heterocycles. The van der Waals surface area contributed by atoms with Crippen LogP contribution in [-0.4, -0.2) is 25.6 Å². The van der Waals surface area contributed by atoms with E-state index in [2.05, 4.69) is 21.5 Å². The van der Waals surface area contributed by atoms with Crippen molar-refractivity contribution in [1.29, 1.82) is 0 Å². The Hall–Kier alpha value is -1.91.